The van der Waals surface area contributed by atoms with Gasteiger partial charge in [-0.25, -0.2) is 0 Å². The normalized spacial score (nSPS) is 11.8. The van der Waals surface area contributed by atoms with Crippen LogP contribution in [-0.2, 0) is 12.8 Å². The van der Waals surface area contributed by atoms with Crippen molar-refractivity contribution >= 4 is 22.6 Å². The molecule has 13 heavy (non-hydrogen) atoms. The number of aliphatic hydroxyl groups is 1. The molecule has 5 heteroatoms. The van der Waals surface area contributed by atoms with E-state index in [0.29, 0.717) is 5.56 Å². The predicted octanol–water partition coefficient (Wildman–Crippen LogP) is 2.80. The first kappa shape index (κ1) is 10.8. The van der Waals surface area contributed by atoms with E-state index < -0.39 is 11.7 Å². The highest BCUT2D eigenvalue weighted by Crippen LogP contribution is 2.32. The van der Waals surface area contributed by atoms with Crippen molar-refractivity contribution in [2.24, 2.45) is 0 Å². The fourth-order valence-electron chi connectivity index (χ4n) is 0.887. The zero-order valence-corrected chi connectivity index (χ0v) is 8.56. The van der Waals surface area contributed by atoms with Gasteiger partial charge in [-0.2, -0.15) is 13.2 Å². The van der Waals surface area contributed by atoms with Gasteiger partial charge in [0.15, 0.2) is 0 Å². The maximum Gasteiger partial charge on any atom is 0.417 e. The largest absolute Gasteiger partial charge is 0.417 e. The van der Waals surface area contributed by atoms with Crippen molar-refractivity contribution < 1.29 is 18.3 Å². The first-order valence-electron chi connectivity index (χ1n) is 3.41. The lowest BCUT2D eigenvalue weighted by Gasteiger charge is -2.09. The Morgan fingerprint density at radius 2 is 1.92 bits per heavy atom. The van der Waals surface area contributed by atoms with Crippen LogP contribution in [0.25, 0.3) is 0 Å². The van der Waals surface area contributed by atoms with Gasteiger partial charge in [0.05, 0.1) is 12.2 Å². The van der Waals surface area contributed by atoms with Crippen molar-refractivity contribution in [3.8, 4) is 0 Å². The lowest BCUT2D eigenvalue weighted by atomic mass is 10.1. The minimum Gasteiger partial charge on any atom is -0.392 e. The Kier molecular flexibility index (Phi) is 3.18. The summed E-state index contributed by atoms with van der Waals surface area (Å²) in [6.07, 6.45) is -4.31. The standard InChI is InChI=1S/C8H6F3IO/c9-8(10,11)6-2-1-5(4-13)3-7(6)12/h1-3,13H,4H2. The van der Waals surface area contributed by atoms with Crippen LogP contribution >= 0.6 is 22.6 Å². The lowest BCUT2D eigenvalue weighted by Crippen LogP contribution is -2.07. The summed E-state index contributed by atoms with van der Waals surface area (Å²) in [5.41, 5.74) is -0.178. The Labute approximate surface area is 86.7 Å². The molecular weight excluding hydrogens is 296 g/mol. The number of hydrogen-bond acceptors (Lipinski definition) is 1. The number of halogens is 4. The molecule has 1 aromatic rings. The van der Waals surface area contributed by atoms with Crippen LogP contribution in [-0.4, -0.2) is 5.11 Å². The number of rotatable bonds is 1. The maximum absolute atomic E-state index is 12.2. The molecule has 0 aliphatic rings. The van der Waals surface area contributed by atoms with Crippen LogP contribution in [0.4, 0.5) is 13.2 Å². The van der Waals surface area contributed by atoms with Crippen LogP contribution in [0, 0.1) is 3.57 Å². The van der Waals surface area contributed by atoms with E-state index in [-0.39, 0.29) is 10.2 Å². The molecule has 0 aromatic heterocycles. The van der Waals surface area contributed by atoms with Gasteiger partial charge in [0, 0.05) is 3.57 Å². The summed E-state index contributed by atoms with van der Waals surface area (Å²) in [7, 11) is 0. The Hall–Kier alpha value is -0.300. The number of hydrogen-bond donors (Lipinski definition) is 1. The monoisotopic (exact) mass is 302 g/mol. The minimum absolute atomic E-state index is 0.108. The molecule has 0 fully saturated rings. The third kappa shape index (κ3) is 2.57. The summed E-state index contributed by atoms with van der Waals surface area (Å²) in [6, 6.07) is 3.57. The average Bonchev–Trinajstić information content (AvgIpc) is 2.01. The lowest BCUT2D eigenvalue weighted by molar-refractivity contribution is -0.138. The topological polar surface area (TPSA) is 20.2 Å². The number of alkyl halides is 3. The van der Waals surface area contributed by atoms with Gasteiger partial charge < -0.3 is 5.11 Å². The van der Waals surface area contributed by atoms with Crippen molar-refractivity contribution in [3.63, 3.8) is 0 Å². The van der Waals surface area contributed by atoms with Crippen molar-refractivity contribution in [1.29, 1.82) is 0 Å². The molecular formula is C8H6F3IO. The van der Waals surface area contributed by atoms with Crippen LogP contribution in [0.3, 0.4) is 0 Å². The van der Waals surface area contributed by atoms with E-state index in [1.807, 2.05) is 0 Å². The van der Waals surface area contributed by atoms with Crippen molar-refractivity contribution in [3.05, 3.63) is 32.9 Å². The van der Waals surface area contributed by atoms with Gasteiger partial charge in [0.25, 0.3) is 0 Å². The van der Waals surface area contributed by atoms with E-state index in [4.69, 9.17) is 5.11 Å². The molecule has 0 radical (unpaired) electrons. The van der Waals surface area contributed by atoms with Crippen LogP contribution in [0.2, 0.25) is 0 Å². The van der Waals surface area contributed by atoms with Gasteiger partial charge in [0.1, 0.15) is 0 Å². The Morgan fingerprint density at radius 1 is 1.31 bits per heavy atom. The Morgan fingerprint density at radius 3 is 2.31 bits per heavy atom. The maximum atomic E-state index is 12.2. The quantitative estimate of drug-likeness (QED) is 0.791. The summed E-state index contributed by atoms with van der Waals surface area (Å²) >= 11 is 1.60. The van der Waals surface area contributed by atoms with Gasteiger partial charge in [-0.15, -0.1) is 0 Å². The molecule has 0 saturated heterocycles. The van der Waals surface area contributed by atoms with Gasteiger partial charge in [-0.05, 0) is 40.3 Å². The predicted molar refractivity (Wildman–Crippen MR) is 50.1 cm³/mol. The second-order valence-electron chi connectivity index (χ2n) is 2.47. The second-order valence-corrected chi connectivity index (χ2v) is 3.63. The molecule has 0 amide bonds. The highest BCUT2D eigenvalue weighted by atomic mass is 127. The zero-order chi connectivity index (χ0) is 10.1. The molecule has 72 valence electrons. The SMILES string of the molecule is OCc1ccc(C(F)(F)F)c(I)c1. The molecule has 1 rings (SSSR count). The van der Waals surface area contributed by atoms with Gasteiger partial charge >= 0.3 is 6.18 Å². The van der Waals surface area contributed by atoms with Gasteiger partial charge in [-0.1, -0.05) is 6.07 Å². The molecule has 0 unspecified atom stereocenters. The minimum atomic E-state index is -4.31. The van der Waals surface area contributed by atoms with Crippen LogP contribution in [0.15, 0.2) is 18.2 Å². The fraction of sp³-hybridized carbons (Fsp3) is 0.250. The van der Waals surface area contributed by atoms with Crippen LogP contribution < -0.4 is 0 Å². The molecule has 0 aliphatic heterocycles. The van der Waals surface area contributed by atoms with Crippen LogP contribution in [0.1, 0.15) is 11.1 Å². The van der Waals surface area contributed by atoms with Crippen molar-refractivity contribution in [2.45, 2.75) is 12.8 Å². The molecule has 0 atom stereocenters. The first-order chi connectivity index (χ1) is 5.95. The smallest absolute Gasteiger partial charge is 0.392 e. The Balaban J connectivity index is 3.13. The van der Waals surface area contributed by atoms with E-state index in [2.05, 4.69) is 0 Å². The van der Waals surface area contributed by atoms with E-state index in [9.17, 15) is 13.2 Å². The van der Waals surface area contributed by atoms with E-state index in [1.54, 1.807) is 22.6 Å². The fourth-order valence-corrected chi connectivity index (χ4v) is 1.77. The van der Waals surface area contributed by atoms with Crippen LogP contribution in [0.5, 0.6) is 0 Å². The third-order valence-corrected chi connectivity index (χ3v) is 2.41. The van der Waals surface area contributed by atoms with E-state index in [1.165, 1.54) is 12.1 Å². The third-order valence-electron chi connectivity index (χ3n) is 1.52. The van der Waals surface area contributed by atoms with E-state index in [0.717, 1.165) is 6.07 Å². The number of benzene rings is 1. The molecule has 1 N–H and O–H groups in total. The Bertz CT molecular complexity index is 309. The summed E-state index contributed by atoms with van der Waals surface area (Å²) in [5.74, 6) is 0. The highest BCUT2D eigenvalue weighted by Gasteiger charge is 2.32. The van der Waals surface area contributed by atoms with Crippen molar-refractivity contribution in [2.75, 3.05) is 0 Å². The van der Waals surface area contributed by atoms with Gasteiger partial charge in [0.2, 0.25) is 0 Å². The molecule has 0 saturated carbocycles. The zero-order valence-electron chi connectivity index (χ0n) is 6.40. The summed E-state index contributed by atoms with van der Waals surface area (Å²) in [6.45, 7) is -0.242. The average molecular weight is 302 g/mol. The van der Waals surface area contributed by atoms with Gasteiger partial charge in [-0.3, -0.25) is 0 Å². The highest BCUT2D eigenvalue weighted by molar-refractivity contribution is 14.1. The van der Waals surface area contributed by atoms with Crippen molar-refractivity contribution in [1.82, 2.24) is 0 Å². The molecule has 0 spiro atoms. The first-order valence-corrected chi connectivity index (χ1v) is 4.49. The molecule has 1 nitrogen and oxygen atoms in total. The summed E-state index contributed by atoms with van der Waals surface area (Å²) < 4.78 is 36.8. The molecule has 0 bridgehead atoms. The molecule has 0 aliphatic carbocycles. The summed E-state index contributed by atoms with van der Waals surface area (Å²) in [5, 5.41) is 8.67. The molecule has 0 heterocycles. The van der Waals surface area contributed by atoms with E-state index >= 15 is 0 Å². The number of aliphatic hydroxyl groups excluding tert-OH is 1. The second kappa shape index (κ2) is 3.83. The molecule has 1 aromatic carbocycles. The summed E-state index contributed by atoms with van der Waals surface area (Å²) in [4.78, 5) is 0.